The van der Waals surface area contributed by atoms with Crippen molar-refractivity contribution in [2.24, 2.45) is 10.8 Å². The molecule has 10 heavy (non-hydrogen) atoms. The molecule has 0 unspecified atom stereocenters. The monoisotopic (exact) mass is 143 g/mol. The normalized spacial score (nSPS) is 11.3. The Labute approximate surface area is 62.9 Å². The fraction of sp³-hybridized carbons (Fsp3) is 0.857. The van der Waals surface area contributed by atoms with Crippen LogP contribution in [0.4, 0.5) is 0 Å². The molecule has 0 aromatic rings. The molecular formula is C7H17N3. The van der Waals surface area contributed by atoms with Crippen LogP contribution in [0, 0.1) is 0 Å². The van der Waals surface area contributed by atoms with Crippen molar-refractivity contribution >= 4 is 6.34 Å². The first kappa shape index (κ1) is 9.43. The van der Waals surface area contributed by atoms with Crippen LogP contribution in [-0.4, -0.2) is 23.9 Å². The van der Waals surface area contributed by atoms with Gasteiger partial charge in [0.05, 0.1) is 6.34 Å². The molecule has 2 N–H and O–H groups in total. The van der Waals surface area contributed by atoms with Crippen molar-refractivity contribution in [1.29, 1.82) is 0 Å². The standard InChI is InChI=1S/C7H17N3/c1-4-5-9-6-10(8)7(2)3/h6-7H,4-5,8H2,1-3H3/b9-6-. The van der Waals surface area contributed by atoms with Gasteiger partial charge in [0, 0.05) is 12.6 Å². The Morgan fingerprint density at radius 1 is 1.60 bits per heavy atom. The minimum Gasteiger partial charge on any atom is -0.299 e. The van der Waals surface area contributed by atoms with Crippen molar-refractivity contribution in [3.63, 3.8) is 0 Å². The van der Waals surface area contributed by atoms with E-state index in [0.29, 0.717) is 6.04 Å². The predicted molar refractivity (Wildman–Crippen MR) is 44.8 cm³/mol. The lowest BCUT2D eigenvalue weighted by Gasteiger charge is -2.16. The zero-order valence-corrected chi connectivity index (χ0v) is 7.04. The molecule has 0 aromatic carbocycles. The molecule has 0 heterocycles. The summed E-state index contributed by atoms with van der Waals surface area (Å²) in [7, 11) is 0. The van der Waals surface area contributed by atoms with Gasteiger partial charge in [-0.25, -0.2) is 5.84 Å². The van der Waals surface area contributed by atoms with Gasteiger partial charge in [-0.1, -0.05) is 6.92 Å². The van der Waals surface area contributed by atoms with Crippen molar-refractivity contribution in [3.8, 4) is 0 Å². The van der Waals surface area contributed by atoms with E-state index in [1.807, 2.05) is 13.8 Å². The van der Waals surface area contributed by atoms with Crippen molar-refractivity contribution in [3.05, 3.63) is 0 Å². The summed E-state index contributed by atoms with van der Waals surface area (Å²) in [4.78, 5) is 4.09. The maximum atomic E-state index is 5.54. The molecule has 3 heteroatoms. The van der Waals surface area contributed by atoms with Gasteiger partial charge in [0.15, 0.2) is 0 Å². The Kier molecular flexibility index (Phi) is 4.94. The van der Waals surface area contributed by atoms with Gasteiger partial charge in [-0.05, 0) is 20.3 Å². The molecule has 0 aliphatic carbocycles. The second-order valence-electron chi connectivity index (χ2n) is 2.56. The molecule has 0 saturated heterocycles. The van der Waals surface area contributed by atoms with E-state index in [2.05, 4.69) is 11.9 Å². The van der Waals surface area contributed by atoms with Crippen molar-refractivity contribution in [2.75, 3.05) is 6.54 Å². The molecule has 0 spiro atoms. The minimum atomic E-state index is 0.334. The SMILES string of the molecule is CCC/N=C\N(N)C(C)C. The van der Waals surface area contributed by atoms with E-state index in [4.69, 9.17) is 5.84 Å². The van der Waals surface area contributed by atoms with Gasteiger partial charge < -0.3 is 0 Å². The Balaban J connectivity index is 3.45. The summed E-state index contributed by atoms with van der Waals surface area (Å²) in [6.45, 7) is 7.00. The van der Waals surface area contributed by atoms with Crippen LogP contribution in [0.1, 0.15) is 27.2 Å². The average molecular weight is 143 g/mol. The molecule has 0 saturated carbocycles. The molecule has 0 fully saturated rings. The first-order valence-electron chi connectivity index (χ1n) is 3.71. The summed E-state index contributed by atoms with van der Waals surface area (Å²) in [5.74, 6) is 5.54. The van der Waals surface area contributed by atoms with E-state index in [0.717, 1.165) is 13.0 Å². The Morgan fingerprint density at radius 2 is 2.20 bits per heavy atom. The maximum Gasteiger partial charge on any atom is 0.0992 e. The molecule has 0 radical (unpaired) electrons. The summed E-state index contributed by atoms with van der Waals surface area (Å²) < 4.78 is 0. The molecule has 0 rings (SSSR count). The first-order chi connectivity index (χ1) is 4.68. The number of aliphatic imine (C=N–C) groups is 1. The third-order valence-corrected chi connectivity index (χ3v) is 1.16. The van der Waals surface area contributed by atoms with E-state index >= 15 is 0 Å². The second kappa shape index (κ2) is 5.23. The number of nitrogens with zero attached hydrogens (tertiary/aromatic N) is 2. The lowest BCUT2D eigenvalue weighted by Crippen LogP contribution is -2.36. The molecule has 60 valence electrons. The smallest absolute Gasteiger partial charge is 0.0992 e. The fourth-order valence-corrected chi connectivity index (χ4v) is 0.414. The number of nitrogens with two attached hydrogens (primary N) is 1. The van der Waals surface area contributed by atoms with Crippen LogP contribution >= 0.6 is 0 Å². The van der Waals surface area contributed by atoms with Crippen LogP contribution in [0.2, 0.25) is 0 Å². The van der Waals surface area contributed by atoms with E-state index in [1.54, 1.807) is 11.3 Å². The van der Waals surface area contributed by atoms with Gasteiger partial charge >= 0.3 is 0 Å². The average Bonchev–Trinajstić information content (AvgIpc) is 1.88. The van der Waals surface area contributed by atoms with E-state index < -0.39 is 0 Å². The largest absolute Gasteiger partial charge is 0.299 e. The summed E-state index contributed by atoms with van der Waals surface area (Å²) >= 11 is 0. The molecular weight excluding hydrogens is 126 g/mol. The van der Waals surface area contributed by atoms with E-state index in [1.165, 1.54) is 0 Å². The van der Waals surface area contributed by atoms with Gasteiger partial charge in [0.1, 0.15) is 0 Å². The van der Waals surface area contributed by atoms with Crippen LogP contribution in [-0.2, 0) is 0 Å². The van der Waals surface area contributed by atoms with Crippen LogP contribution in [0.3, 0.4) is 0 Å². The number of hydrogen-bond donors (Lipinski definition) is 1. The maximum absolute atomic E-state index is 5.54. The molecule has 0 bridgehead atoms. The molecule has 0 aliphatic rings. The minimum absolute atomic E-state index is 0.334. The zero-order chi connectivity index (χ0) is 7.98. The lowest BCUT2D eigenvalue weighted by atomic mass is 10.4. The van der Waals surface area contributed by atoms with Crippen molar-refractivity contribution in [1.82, 2.24) is 5.01 Å². The molecule has 3 nitrogen and oxygen atoms in total. The summed E-state index contributed by atoms with van der Waals surface area (Å²) in [5, 5.41) is 1.61. The number of hydrazine groups is 1. The van der Waals surface area contributed by atoms with Gasteiger partial charge in [0.2, 0.25) is 0 Å². The highest BCUT2D eigenvalue weighted by atomic mass is 15.4. The van der Waals surface area contributed by atoms with Gasteiger partial charge in [-0.2, -0.15) is 0 Å². The van der Waals surface area contributed by atoms with Crippen LogP contribution in [0.25, 0.3) is 0 Å². The summed E-state index contributed by atoms with van der Waals surface area (Å²) in [5.41, 5.74) is 0. The topological polar surface area (TPSA) is 41.6 Å². The van der Waals surface area contributed by atoms with E-state index in [-0.39, 0.29) is 0 Å². The number of hydrogen-bond acceptors (Lipinski definition) is 2. The second-order valence-corrected chi connectivity index (χ2v) is 2.56. The molecule has 0 amide bonds. The third kappa shape index (κ3) is 4.32. The Morgan fingerprint density at radius 3 is 2.60 bits per heavy atom. The highest BCUT2D eigenvalue weighted by molar-refractivity contribution is 5.54. The predicted octanol–water partition coefficient (Wildman–Crippen LogP) is 1.01. The van der Waals surface area contributed by atoms with Crippen molar-refractivity contribution < 1.29 is 0 Å². The summed E-state index contributed by atoms with van der Waals surface area (Å²) in [6, 6.07) is 0.334. The first-order valence-corrected chi connectivity index (χ1v) is 3.71. The highest BCUT2D eigenvalue weighted by Crippen LogP contribution is 1.85. The highest BCUT2D eigenvalue weighted by Gasteiger charge is 1.95. The van der Waals surface area contributed by atoms with Gasteiger partial charge in [-0.3, -0.25) is 10.0 Å². The molecule has 0 aromatic heterocycles. The van der Waals surface area contributed by atoms with Crippen LogP contribution in [0.15, 0.2) is 4.99 Å². The fourth-order valence-electron chi connectivity index (χ4n) is 0.414. The van der Waals surface area contributed by atoms with Crippen LogP contribution in [0.5, 0.6) is 0 Å². The Hall–Kier alpha value is -0.570. The number of rotatable bonds is 4. The summed E-state index contributed by atoms with van der Waals surface area (Å²) in [6.07, 6.45) is 2.76. The van der Waals surface area contributed by atoms with E-state index in [9.17, 15) is 0 Å². The third-order valence-electron chi connectivity index (χ3n) is 1.16. The Bertz CT molecular complexity index is 99.0. The van der Waals surface area contributed by atoms with Gasteiger partial charge in [-0.15, -0.1) is 0 Å². The quantitative estimate of drug-likeness (QED) is 0.276. The van der Waals surface area contributed by atoms with Crippen LogP contribution < -0.4 is 5.84 Å². The molecule has 0 aliphatic heterocycles. The van der Waals surface area contributed by atoms with Crippen molar-refractivity contribution in [2.45, 2.75) is 33.2 Å². The molecule has 0 atom stereocenters. The lowest BCUT2D eigenvalue weighted by molar-refractivity contribution is 0.374. The van der Waals surface area contributed by atoms with Gasteiger partial charge in [0.25, 0.3) is 0 Å². The zero-order valence-electron chi connectivity index (χ0n) is 7.04.